The molecule has 1 aromatic carbocycles. The van der Waals surface area contributed by atoms with Gasteiger partial charge < -0.3 is 5.32 Å². The summed E-state index contributed by atoms with van der Waals surface area (Å²) in [4.78, 5) is 15.8. The number of rotatable bonds is 2. The van der Waals surface area contributed by atoms with Gasteiger partial charge in [-0.1, -0.05) is 29.8 Å². The molecule has 0 saturated carbocycles. The number of nitrogens with one attached hydrogen (secondary N) is 1. The highest BCUT2D eigenvalue weighted by Gasteiger charge is 2.06. The second kappa shape index (κ2) is 4.97. The molecule has 4 heteroatoms. The van der Waals surface area contributed by atoms with E-state index in [9.17, 15) is 4.79 Å². The summed E-state index contributed by atoms with van der Waals surface area (Å²) in [6.45, 7) is 1.84. The summed E-state index contributed by atoms with van der Waals surface area (Å²) in [6, 6.07) is 10.8. The van der Waals surface area contributed by atoms with E-state index in [0.717, 1.165) is 5.56 Å². The van der Waals surface area contributed by atoms with Crippen molar-refractivity contribution in [3.05, 3.63) is 58.9 Å². The minimum absolute atomic E-state index is 0.158. The molecule has 1 amide bonds. The summed E-state index contributed by atoms with van der Waals surface area (Å²) in [7, 11) is 0. The lowest BCUT2D eigenvalue weighted by molar-refractivity contribution is 0.102. The fourth-order valence-electron chi connectivity index (χ4n) is 1.42. The number of aryl methyl sites for hydroxylation is 1. The van der Waals surface area contributed by atoms with Crippen LogP contribution in [0.3, 0.4) is 0 Å². The van der Waals surface area contributed by atoms with Crippen LogP contribution < -0.4 is 5.32 Å². The first-order valence-electron chi connectivity index (χ1n) is 5.15. The van der Waals surface area contributed by atoms with Crippen LogP contribution >= 0.6 is 11.6 Å². The minimum Gasteiger partial charge on any atom is -0.321 e. The number of benzene rings is 1. The van der Waals surface area contributed by atoms with Gasteiger partial charge in [0.2, 0.25) is 0 Å². The number of amides is 1. The van der Waals surface area contributed by atoms with Crippen molar-refractivity contribution in [3.8, 4) is 0 Å². The number of aromatic nitrogens is 1. The molecule has 0 atom stereocenters. The third-order valence-electron chi connectivity index (χ3n) is 2.31. The van der Waals surface area contributed by atoms with E-state index < -0.39 is 0 Å². The Balaban J connectivity index is 2.16. The molecule has 1 N–H and O–H groups in total. The van der Waals surface area contributed by atoms with E-state index in [2.05, 4.69) is 10.3 Å². The van der Waals surface area contributed by atoms with E-state index in [4.69, 9.17) is 11.6 Å². The molecule has 0 aliphatic rings. The maximum absolute atomic E-state index is 11.8. The molecule has 3 nitrogen and oxygen atoms in total. The normalized spacial score (nSPS) is 10.0. The van der Waals surface area contributed by atoms with Gasteiger partial charge in [-0.3, -0.25) is 4.79 Å². The number of anilines is 1. The zero-order valence-electron chi connectivity index (χ0n) is 9.27. The molecule has 86 valence electrons. The zero-order valence-corrected chi connectivity index (χ0v) is 10.0. The average molecular weight is 247 g/mol. The molecule has 1 heterocycles. The van der Waals surface area contributed by atoms with Crippen molar-refractivity contribution >= 4 is 23.2 Å². The van der Waals surface area contributed by atoms with Gasteiger partial charge in [-0.25, -0.2) is 4.98 Å². The number of halogens is 1. The molecule has 0 fully saturated rings. The second-order valence-electron chi connectivity index (χ2n) is 3.65. The lowest BCUT2D eigenvalue weighted by Gasteiger charge is -2.06. The molecule has 0 unspecified atom stereocenters. The highest BCUT2D eigenvalue weighted by molar-refractivity contribution is 6.30. The summed E-state index contributed by atoms with van der Waals surface area (Å²) in [5, 5.41) is 3.21. The van der Waals surface area contributed by atoms with Crippen LogP contribution in [0.4, 0.5) is 5.69 Å². The predicted molar refractivity (Wildman–Crippen MR) is 68.4 cm³/mol. The third-order valence-corrected chi connectivity index (χ3v) is 2.70. The molecule has 0 radical (unpaired) electrons. The standard InChI is InChI=1S/C13H11ClN2O/c1-9-7-11(8-15-12(9)14)16-13(17)10-5-3-2-4-6-10/h2-8H,1H3,(H,16,17). The van der Waals surface area contributed by atoms with Crippen LogP contribution in [0.5, 0.6) is 0 Å². The van der Waals surface area contributed by atoms with Gasteiger partial charge in [-0.15, -0.1) is 0 Å². The molecule has 0 bridgehead atoms. The van der Waals surface area contributed by atoms with E-state index >= 15 is 0 Å². The number of hydrogen-bond acceptors (Lipinski definition) is 2. The Kier molecular flexibility index (Phi) is 3.40. The van der Waals surface area contributed by atoms with Gasteiger partial charge in [0.15, 0.2) is 0 Å². The highest BCUT2D eigenvalue weighted by Crippen LogP contribution is 2.16. The van der Waals surface area contributed by atoms with Crippen molar-refractivity contribution in [1.82, 2.24) is 4.98 Å². The summed E-state index contributed by atoms with van der Waals surface area (Å²) in [5.41, 5.74) is 2.08. The third kappa shape index (κ3) is 2.82. The molecule has 2 rings (SSSR count). The smallest absolute Gasteiger partial charge is 0.255 e. The van der Waals surface area contributed by atoms with Gasteiger partial charge in [-0.2, -0.15) is 0 Å². The van der Waals surface area contributed by atoms with Gasteiger partial charge in [0.05, 0.1) is 11.9 Å². The van der Waals surface area contributed by atoms with Crippen LogP contribution in [0.1, 0.15) is 15.9 Å². The Morgan fingerprint density at radius 3 is 2.65 bits per heavy atom. The molecule has 17 heavy (non-hydrogen) atoms. The molecule has 1 aromatic heterocycles. The van der Waals surface area contributed by atoms with Crippen molar-refractivity contribution in [2.24, 2.45) is 0 Å². The topological polar surface area (TPSA) is 42.0 Å². The molecule has 0 aliphatic carbocycles. The average Bonchev–Trinajstić information content (AvgIpc) is 2.35. The van der Waals surface area contributed by atoms with Crippen molar-refractivity contribution in [3.63, 3.8) is 0 Å². The fourth-order valence-corrected chi connectivity index (χ4v) is 1.52. The largest absolute Gasteiger partial charge is 0.321 e. The van der Waals surface area contributed by atoms with Gasteiger partial charge >= 0.3 is 0 Å². The molecular formula is C13H11ClN2O. The Morgan fingerprint density at radius 2 is 2.00 bits per heavy atom. The molecular weight excluding hydrogens is 236 g/mol. The summed E-state index contributed by atoms with van der Waals surface area (Å²) in [6.07, 6.45) is 1.54. The van der Waals surface area contributed by atoms with E-state index in [-0.39, 0.29) is 5.91 Å². The van der Waals surface area contributed by atoms with E-state index in [0.29, 0.717) is 16.4 Å². The van der Waals surface area contributed by atoms with Crippen LogP contribution in [0, 0.1) is 6.92 Å². The maximum atomic E-state index is 11.8. The number of hydrogen-bond donors (Lipinski definition) is 1. The zero-order chi connectivity index (χ0) is 12.3. The van der Waals surface area contributed by atoms with Crippen molar-refractivity contribution in [2.45, 2.75) is 6.92 Å². The Bertz CT molecular complexity index is 540. The van der Waals surface area contributed by atoms with Gasteiger partial charge in [0, 0.05) is 5.56 Å². The van der Waals surface area contributed by atoms with E-state index in [1.54, 1.807) is 18.2 Å². The number of pyridine rings is 1. The van der Waals surface area contributed by atoms with Crippen LogP contribution in [-0.4, -0.2) is 10.9 Å². The van der Waals surface area contributed by atoms with Gasteiger partial charge in [0.25, 0.3) is 5.91 Å². The van der Waals surface area contributed by atoms with Crippen LogP contribution in [-0.2, 0) is 0 Å². The SMILES string of the molecule is Cc1cc(NC(=O)c2ccccc2)cnc1Cl. The Labute approximate surface area is 104 Å². The fraction of sp³-hybridized carbons (Fsp3) is 0.0769. The van der Waals surface area contributed by atoms with Crippen LogP contribution in [0.25, 0.3) is 0 Å². The predicted octanol–water partition coefficient (Wildman–Crippen LogP) is 3.30. The quantitative estimate of drug-likeness (QED) is 0.826. The first-order valence-corrected chi connectivity index (χ1v) is 5.53. The van der Waals surface area contributed by atoms with Gasteiger partial charge in [-0.05, 0) is 30.7 Å². The lowest BCUT2D eigenvalue weighted by Crippen LogP contribution is -2.11. The molecule has 0 saturated heterocycles. The van der Waals surface area contributed by atoms with Crippen LogP contribution in [0.2, 0.25) is 5.15 Å². The first kappa shape index (κ1) is 11.6. The minimum atomic E-state index is -0.158. The van der Waals surface area contributed by atoms with Crippen molar-refractivity contribution in [2.75, 3.05) is 5.32 Å². The summed E-state index contributed by atoms with van der Waals surface area (Å²) < 4.78 is 0. The van der Waals surface area contributed by atoms with E-state index in [1.165, 1.54) is 6.20 Å². The van der Waals surface area contributed by atoms with Crippen molar-refractivity contribution in [1.29, 1.82) is 0 Å². The van der Waals surface area contributed by atoms with Crippen LogP contribution in [0.15, 0.2) is 42.6 Å². The molecule has 0 aliphatic heterocycles. The number of nitrogens with zero attached hydrogens (tertiary/aromatic N) is 1. The number of carbonyl (C=O) groups excluding carboxylic acids is 1. The number of carbonyl (C=O) groups is 1. The maximum Gasteiger partial charge on any atom is 0.255 e. The summed E-state index contributed by atoms with van der Waals surface area (Å²) >= 11 is 5.81. The van der Waals surface area contributed by atoms with Gasteiger partial charge in [0.1, 0.15) is 5.15 Å². The Hall–Kier alpha value is -1.87. The second-order valence-corrected chi connectivity index (χ2v) is 4.01. The lowest BCUT2D eigenvalue weighted by atomic mass is 10.2. The molecule has 2 aromatic rings. The summed E-state index contributed by atoms with van der Waals surface area (Å²) in [5.74, 6) is -0.158. The highest BCUT2D eigenvalue weighted by atomic mass is 35.5. The van der Waals surface area contributed by atoms with Crippen molar-refractivity contribution < 1.29 is 4.79 Å². The Morgan fingerprint density at radius 1 is 1.29 bits per heavy atom. The van der Waals surface area contributed by atoms with E-state index in [1.807, 2.05) is 25.1 Å². The monoisotopic (exact) mass is 246 g/mol. The first-order chi connectivity index (χ1) is 8.16. The molecule has 0 spiro atoms.